The first-order chi connectivity index (χ1) is 9.58. The number of hydrogen-bond donors (Lipinski definition) is 1. The quantitative estimate of drug-likeness (QED) is 0.853. The molecule has 6 nitrogen and oxygen atoms in total. The van der Waals surface area contributed by atoms with Crippen molar-refractivity contribution in [3.8, 4) is 0 Å². The van der Waals surface area contributed by atoms with Crippen LogP contribution < -0.4 is 5.32 Å². The van der Waals surface area contributed by atoms with E-state index in [1.807, 2.05) is 25.1 Å². The molecule has 0 saturated heterocycles. The van der Waals surface area contributed by atoms with E-state index in [1.54, 1.807) is 13.1 Å². The third-order valence-electron chi connectivity index (χ3n) is 2.66. The average molecular weight is 312 g/mol. The summed E-state index contributed by atoms with van der Waals surface area (Å²) < 4.78 is 1.52. The van der Waals surface area contributed by atoms with Gasteiger partial charge in [0.15, 0.2) is 0 Å². The summed E-state index contributed by atoms with van der Waals surface area (Å²) >= 11 is 7.38. The second-order valence-corrected chi connectivity index (χ2v) is 5.53. The van der Waals surface area contributed by atoms with Crippen LogP contribution in [0.1, 0.15) is 18.5 Å². The predicted octanol–water partition coefficient (Wildman–Crippen LogP) is 1.83. The van der Waals surface area contributed by atoms with E-state index in [4.69, 9.17) is 11.6 Å². The van der Waals surface area contributed by atoms with Gasteiger partial charge >= 0.3 is 0 Å². The lowest BCUT2D eigenvalue weighted by molar-refractivity contribution is -0.119. The minimum atomic E-state index is -0.144. The maximum absolute atomic E-state index is 11.9. The number of hydrogen-bond acceptors (Lipinski definition) is 5. The van der Waals surface area contributed by atoms with Crippen LogP contribution >= 0.6 is 23.4 Å². The minimum Gasteiger partial charge on any atom is -0.349 e. The number of amides is 1. The van der Waals surface area contributed by atoms with Gasteiger partial charge in [0.05, 0.1) is 11.8 Å². The van der Waals surface area contributed by atoms with Crippen molar-refractivity contribution in [1.82, 2.24) is 25.5 Å². The molecule has 1 aromatic heterocycles. The maximum atomic E-state index is 11.9. The van der Waals surface area contributed by atoms with Crippen LogP contribution in [0.5, 0.6) is 0 Å². The van der Waals surface area contributed by atoms with Gasteiger partial charge < -0.3 is 5.32 Å². The van der Waals surface area contributed by atoms with E-state index in [0.717, 1.165) is 5.56 Å². The second-order valence-electron chi connectivity index (χ2n) is 4.18. The molecule has 1 amide bonds. The highest BCUT2D eigenvalue weighted by molar-refractivity contribution is 7.99. The second kappa shape index (κ2) is 6.71. The van der Waals surface area contributed by atoms with Gasteiger partial charge in [0, 0.05) is 12.1 Å². The van der Waals surface area contributed by atoms with E-state index in [1.165, 1.54) is 16.4 Å². The molecule has 0 bridgehead atoms. The van der Waals surface area contributed by atoms with Crippen LogP contribution in [-0.4, -0.2) is 31.9 Å². The first kappa shape index (κ1) is 14.8. The fourth-order valence-electron chi connectivity index (χ4n) is 1.66. The fourth-order valence-corrected chi connectivity index (χ4v) is 2.62. The molecule has 0 spiro atoms. The number of nitrogens with zero attached hydrogens (tertiary/aromatic N) is 4. The zero-order chi connectivity index (χ0) is 14.5. The Morgan fingerprint density at radius 2 is 2.25 bits per heavy atom. The van der Waals surface area contributed by atoms with Crippen molar-refractivity contribution in [2.75, 3.05) is 5.75 Å². The Morgan fingerprint density at radius 1 is 1.50 bits per heavy atom. The number of aromatic nitrogens is 4. The molecule has 1 atom stereocenters. The summed E-state index contributed by atoms with van der Waals surface area (Å²) in [6, 6.07) is 7.31. The summed E-state index contributed by atoms with van der Waals surface area (Å²) in [4.78, 5) is 11.9. The van der Waals surface area contributed by atoms with Crippen LogP contribution in [0.3, 0.4) is 0 Å². The van der Waals surface area contributed by atoms with Crippen molar-refractivity contribution in [2.45, 2.75) is 18.1 Å². The van der Waals surface area contributed by atoms with E-state index >= 15 is 0 Å². The normalized spacial score (nSPS) is 12.2. The fraction of sp³-hybridized carbons (Fsp3) is 0.333. The monoisotopic (exact) mass is 311 g/mol. The van der Waals surface area contributed by atoms with Gasteiger partial charge in [-0.3, -0.25) is 4.79 Å². The molecular weight excluding hydrogens is 298 g/mol. The number of thioether (sulfide) groups is 1. The van der Waals surface area contributed by atoms with E-state index in [-0.39, 0.29) is 17.7 Å². The van der Waals surface area contributed by atoms with Crippen molar-refractivity contribution in [2.24, 2.45) is 7.05 Å². The third kappa shape index (κ3) is 3.71. The smallest absolute Gasteiger partial charge is 0.230 e. The molecule has 0 radical (unpaired) electrons. The molecule has 1 N–H and O–H groups in total. The van der Waals surface area contributed by atoms with Gasteiger partial charge in [0.2, 0.25) is 11.1 Å². The molecule has 0 fully saturated rings. The van der Waals surface area contributed by atoms with Gasteiger partial charge in [0.25, 0.3) is 0 Å². The minimum absolute atomic E-state index is 0.0922. The number of rotatable bonds is 5. The highest BCUT2D eigenvalue weighted by Gasteiger charge is 2.13. The number of nitrogens with one attached hydrogen (secondary N) is 1. The van der Waals surface area contributed by atoms with Crippen molar-refractivity contribution < 1.29 is 4.79 Å². The van der Waals surface area contributed by atoms with Gasteiger partial charge in [-0.05, 0) is 29.0 Å². The van der Waals surface area contributed by atoms with E-state index in [2.05, 4.69) is 20.8 Å². The Bertz CT molecular complexity index is 603. The number of aryl methyl sites for hydroxylation is 1. The highest BCUT2D eigenvalue weighted by atomic mass is 35.5. The van der Waals surface area contributed by atoms with E-state index < -0.39 is 0 Å². The molecule has 2 rings (SSSR count). The number of tetrazole rings is 1. The number of benzene rings is 1. The SMILES string of the molecule is C[C@H](NC(=O)CSc1nnnn1C)c1ccccc1Cl. The lowest BCUT2D eigenvalue weighted by Crippen LogP contribution is -2.28. The molecule has 0 saturated carbocycles. The van der Waals surface area contributed by atoms with Gasteiger partial charge in [-0.15, -0.1) is 5.10 Å². The highest BCUT2D eigenvalue weighted by Crippen LogP contribution is 2.22. The Labute approximate surface area is 125 Å². The van der Waals surface area contributed by atoms with Crippen LogP contribution in [0.2, 0.25) is 5.02 Å². The Balaban J connectivity index is 1.88. The summed E-state index contributed by atoms with van der Waals surface area (Å²) in [7, 11) is 1.73. The largest absolute Gasteiger partial charge is 0.349 e. The zero-order valence-electron chi connectivity index (χ0n) is 11.1. The number of carbonyl (C=O) groups is 1. The molecule has 106 valence electrons. The molecule has 0 aliphatic carbocycles. The topological polar surface area (TPSA) is 72.7 Å². The summed E-state index contributed by atoms with van der Waals surface area (Å²) in [5.41, 5.74) is 0.896. The van der Waals surface area contributed by atoms with Gasteiger partial charge in [-0.1, -0.05) is 41.6 Å². The first-order valence-corrected chi connectivity index (χ1v) is 7.33. The Kier molecular flexibility index (Phi) is 4.97. The molecule has 20 heavy (non-hydrogen) atoms. The standard InChI is InChI=1S/C12H14ClN5OS/c1-8(9-5-3-4-6-10(9)13)14-11(19)7-20-12-15-16-17-18(12)2/h3-6,8H,7H2,1-2H3,(H,14,19)/t8-/m0/s1. The van der Waals surface area contributed by atoms with E-state index in [9.17, 15) is 4.79 Å². The Hall–Kier alpha value is -1.60. The summed E-state index contributed by atoms with van der Waals surface area (Å²) in [6.07, 6.45) is 0. The van der Waals surface area contributed by atoms with Crippen LogP contribution in [0.4, 0.5) is 0 Å². The molecule has 0 aliphatic heterocycles. The summed E-state index contributed by atoms with van der Waals surface area (Å²) in [6.45, 7) is 1.90. The lowest BCUT2D eigenvalue weighted by atomic mass is 10.1. The third-order valence-corrected chi connectivity index (χ3v) is 4.02. The molecule has 0 aliphatic rings. The van der Waals surface area contributed by atoms with Crippen molar-refractivity contribution in [1.29, 1.82) is 0 Å². The zero-order valence-corrected chi connectivity index (χ0v) is 12.6. The van der Waals surface area contributed by atoms with E-state index in [0.29, 0.717) is 10.2 Å². The molecule has 8 heteroatoms. The van der Waals surface area contributed by atoms with Crippen LogP contribution in [0.15, 0.2) is 29.4 Å². The Morgan fingerprint density at radius 3 is 2.90 bits per heavy atom. The van der Waals surface area contributed by atoms with Gasteiger partial charge in [-0.25, -0.2) is 4.68 Å². The average Bonchev–Trinajstić information content (AvgIpc) is 2.82. The molecule has 0 unspecified atom stereocenters. The summed E-state index contributed by atoms with van der Waals surface area (Å²) in [5.74, 6) is 0.161. The molecule has 2 aromatic rings. The van der Waals surface area contributed by atoms with Crippen molar-refractivity contribution in [3.63, 3.8) is 0 Å². The van der Waals surface area contributed by atoms with Gasteiger partial charge in [-0.2, -0.15) is 0 Å². The van der Waals surface area contributed by atoms with Crippen molar-refractivity contribution >= 4 is 29.3 Å². The number of halogens is 1. The van der Waals surface area contributed by atoms with Gasteiger partial charge in [0.1, 0.15) is 0 Å². The van der Waals surface area contributed by atoms with Crippen LogP contribution in [0, 0.1) is 0 Å². The lowest BCUT2D eigenvalue weighted by Gasteiger charge is -2.15. The maximum Gasteiger partial charge on any atom is 0.230 e. The van der Waals surface area contributed by atoms with Crippen LogP contribution in [0.25, 0.3) is 0 Å². The number of carbonyl (C=O) groups excluding carboxylic acids is 1. The predicted molar refractivity (Wildman–Crippen MR) is 77.5 cm³/mol. The summed E-state index contributed by atoms with van der Waals surface area (Å²) in [5, 5.41) is 15.2. The van der Waals surface area contributed by atoms with Crippen molar-refractivity contribution in [3.05, 3.63) is 34.9 Å². The molecular formula is C12H14ClN5OS. The first-order valence-electron chi connectivity index (χ1n) is 5.97. The van der Waals surface area contributed by atoms with Crippen LogP contribution in [-0.2, 0) is 11.8 Å². The molecule has 1 heterocycles. The molecule has 1 aromatic carbocycles.